The van der Waals surface area contributed by atoms with Crippen molar-refractivity contribution >= 4 is 13.7 Å². The minimum atomic E-state index is -4.31. The second-order valence-electron chi connectivity index (χ2n) is 8.78. The summed E-state index contributed by atoms with van der Waals surface area (Å²) in [5.74, 6) is -0.518. The van der Waals surface area contributed by atoms with Crippen molar-refractivity contribution in [3.8, 4) is 11.8 Å². The first-order valence-electron chi connectivity index (χ1n) is 11.5. The van der Waals surface area contributed by atoms with E-state index in [1.165, 1.54) is 26.0 Å². The van der Waals surface area contributed by atoms with Crippen LogP contribution in [0.4, 0.5) is 0 Å². The Bertz CT molecular complexity index is 1310. The summed E-state index contributed by atoms with van der Waals surface area (Å²) in [7, 11) is -4.31. The standard InChI is InChI=1S/C23H29N4O9P/c1-14(2)33-21(30)15(3)26-37(32,36-17-8-6-5-7-9-17)35-16(4)20-18(28)12-23(13-24,34-20)27-11-10-19(29)25-22(27)31/h5-11,14-16,18,20,28H,12H2,1-4H3,(H,26,32)(H,25,29,31)/t15-,16+,18-,20+,23-,37?/m0/s1. The minimum Gasteiger partial charge on any atom is -0.462 e. The van der Waals surface area contributed by atoms with E-state index in [0.29, 0.717) is 0 Å². The van der Waals surface area contributed by atoms with Crippen LogP contribution < -0.4 is 20.9 Å². The second-order valence-corrected chi connectivity index (χ2v) is 10.4. The van der Waals surface area contributed by atoms with E-state index < -0.39 is 61.1 Å². The van der Waals surface area contributed by atoms with Crippen LogP contribution in [0.25, 0.3) is 0 Å². The molecule has 13 nitrogen and oxygen atoms in total. The van der Waals surface area contributed by atoms with Crippen LogP contribution in [0.15, 0.2) is 52.2 Å². The molecule has 200 valence electrons. The van der Waals surface area contributed by atoms with Crippen LogP contribution in [-0.2, 0) is 29.1 Å². The van der Waals surface area contributed by atoms with Gasteiger partial charge in [0.2, 0.25) is 5.72 Å². The van der Waals surface area contributed by atoms with Gasteiger partial charge in [0.25, 0.3) is 5.56 Å². The van der Waals surface area contributed by atoms with Crippen molar-refractivity contribution in [1.82, 2.24) is 14.6 Å². The maximum absolute atomic E-state index is 13.8. The van der Waals surface area contributed by atoms with Gasteiger partial charge in [0.15, 0.2) is 0 Å². The van der Waals surface area contributed by atoms with E-state index in [-0.39, 0.29) is 12.2 Å². The fourth-order valence-electron chi connectivity index (χ4n) is 3.74. The van der Waals surface area contributed by atoms with Gasteiger partial charge >= 0.3 is 19.4 Å². The van der Waals surface area contributed by atoms with Crippen LogP contribution in [-0.4, -0.2) is 51.1 Å². The summed E-state index contributed by atoms with van der Waals surface area (Å²) >= 11 is 0. The van der Waals surface area contributed by atoms with Gasteiger partial charge in [0.1, 0.15) is 24.0 Å². The molecule has 1 saturated heterocycles. The highest BCUT2D eigenvalue weighted by molar-refractivity contribution is 7.52. The summed E-state index contributed by atoms with van der Waals surface area (Å²) in [6.45, 7) is 6.18. The van der Waals surface area contributed by atoms with Crippen LogP contribution in [0.3, 0.4) is 0 Å². The number of carbonyl (C=O) groups is 1. The Morgan fingerprint density at radius 3 is 2.54 bits per heavy atom. The first-order chi connectivity index (χ1) is 17.4. The number of hydrogen-bond donors (Lipinski definition) is 3. The zero-order valence-electron chi connectivity index (χ0n) is 20.7. The lowest BCUT2D eigenvalue weighted by Crippen LogP contribution is -2.44. The molecule has 3 rings (SSSR count). The average molecular weight is 536 g/mol. The maximum atomic E-state index is 13.8. The maximum Gasteiger partial charge on any atom is 0.459 e. The number of H-pyrrole nitrogens is 1. The molecular formula is C23H29N4O9P. The molecule has 1 aliphatic heterocycles. The molecule has 1 unspecified atom stereocenters. The van der Waals surface area contributed by atoms with Crippen LogP contribution in [0.1, 0.15) is 34.1 Å². The van der Waals surface area contributed by atoms with Crippen molar-refractivity contribution in [2.75, 3.05) is 0 Å². The van der Waals surface area contributed by atoms with E-state index in [2.05, 4.69) is 5.09 Å². The molecule has 1 fully saturated rings. The SMILES string of the molecule is CC(C)OC(=O)[C@H](C)NP(=O)(Oc1ccccc1)O[C@H](C)[C@H]1O[C@@](C#N)(n2ccc(=O)[nH]c2=O)C[C@@H]1O. The lowest BCUT2D eigenvalue weighted by atomic mass is 10.1. The van der Waals surface area contributed by atoms with Crippen molar-refractivity contribution in [3.63, 3.8) is 0 Å². The number of aliphatic hydroxyl groups is 1. The zero-order chi connectivity index (χ0) is 27.4. The molecule has 3 N–H and O–H groups in total. The lowest BCUT2D eigenvalue weighted by molar-refractivity contribution is -0.149. The number of esters is 1. The number of hydrogen-bond acceptors (Lipinski definition) is 10. The molecule has 0 bridgehead atoms. The largest absolute Gasteiger partial charge is 0.462 e. The van der Waals surface area contributed by atoms with Crippen LogP contribution in [0.5, 0.6) is 5.75 Å². The third kappa shape index (κ3) is 6.74. The molecule has 0 aliphatic carbocycles. The monoisotopic (exact) mass is 536 g/mol. The van der Waals surface area contributed by atoms with Crippen molar-refractivity contribution in [3.05, 3.63) is 63.4 Å². The molecule has 0 radical (unpaired) electrons. The Morgan fingerprint density at radius 1 is 1.27 bits per heavy atom. The van der Waals surface area contributed by atoms with Gasteiger partial charge in [-0.2, -0.15) is 10.3 Å². The number of aromatic amines is 1. The number of ether oxygens (including phenoxy) is 2. The summed E-state index contributed by atoms with van der Waals surface area (Å²) in [5, 5.41) is 23.1. The number of rotatable bonds is 10. The van der Waals surface area contributed by atoms with Crippen LogP contribution in [0, 0.1) is 11.3 Å². The average Bonchev–Trinajstić information content (AvgIpc) is 3.16. The van der Waals surface area contributed by atoms with Crippen molar-refractivity contribution < 1.29 is 33.0 Å². The molecule has 1 aliphatic rings. The normalized spacial score (nSPS) is 24.6. The third-order valence-electron chi connectivity index (χ3n) is 5.38. The Balaban J connectivity index is 1.86. The number of nitrogens with zero attached hydrogens (tertiary/aromatic N) is 2. The fraction of sp³-hybridized carbons (Fsp3) is 0.478. The van der Waals surface area contributed by atoms with Gasteiger partial charge in [-0.15, -0.1) is 0 Å². The van der Waals surface area contributed by atoms with Gasteiger partial charge in [0, 0.05) is 18.7 Å². The Hall–Kier alpha value is -3.27. The molecule has 0 amide bonds. The summed E-state index contributed by atoms with van der Waals surface area (Å²) in [4.78, 5) is 38.1. The van der Waals surface area contributed by atoms with Gasteiger partial charge in [-0.3, -0.25) is 23.7 Å². The van der Waals surface area contributed by atoms with Gasteiger partial charge in [-0.05, 0) is 39.8 Å². The molecule has 2 heterocycles. The molecular weight excluding hydrogens is 507 g/mol. The summed E-state index contributed by atoms with van der Waals surface area (Å²) in [5.41, 5.74) is -3.54. The number of para-hydroxylation sites is 1. The van der Waals surface area contributed by atoms with E-state index >= 15 is 0 Å². The smallest absolute Gasteiger partial charge is 0.459 e. The molecule has 37 heavy (non-hydrogen) atoms. The van der Waals surface area contributed by atoms with Crippen molar-refractivity contribution in [1.29, 1.82) is 5.26 Å². The molecule has 6 atom stereocenters. The first-order valence-corrected chi connectivity index (χ1v) is 13.0. The molecule has 1 aromatic carbocycles. The fourth-order valence-corrected chi connectivity index (χ4v) is 5.44. The number of benzene rings is 1. The molecule has 2 aromatic rings. The van der Waals surface area contributed by atoms with Gasteiger partial charge < -0.3 is 19.1 Å². The van der Waals surface area contributed by atoms with Crippen molar-refractivity contribution in [2.45, 2.75) is 70.3 Å². The van der Waals surface area contributed by atoms with Crippen molar-refractivity contribution in [2.24, 2.45) is 0 Å². The summed E-state index contributed by atoms with van der Waals surface area (Å²) in [6.07, 6.45) is -3.42. The second kappa shape index (κ2) is 11.4. The van der Waals surface area contributed by atoms with Crippen LogP contribution in [0.2, 0.25) is 0 Å². The number of aliphatic hydroxyl groups excluding tert-OH is 1. The van der Waals surface area contributed by atoms with E-state index in [1.807, 2.05) is 11.1 Å². The van der Waals surface area contributed by atoms with Gasteiger partial charge in [-0.1, -0.05) is 18.2 Å². The predicted octanol–water partition coefficient (Wildman–Crippen LogP) is 1.38. The molecule has 14 heteroatoms. The summed E-state index contributed by atoms with van der Waals surface area (Å²) in [6, 6.07) is 9.87. The number of nitrogens with one attached hydrogen (secondary N) is 2. The summed E-state index contributed by atoms with van der Waals surface area (Å²) < 4.78 is 36.9. The Kier molecular flexibility index (Phi) is 8.73. The lowest BCUT2D eigenvalue weighted by Gasteiger charge is -2.29. The molecule has 0 spiro atoms. The molecule has 1 aromatic heterocycles. The molecule has 0 saturated carbocycles. The van der Waals surface area contributed by atoms with E-state index in [9.17, 15) is 29.3 Å². The van der Waals surface area contributed by atoms with Crippen LogP contribution >= 0.6 is 7.75 Å². The van der Waals surface area contributed by atoms with E-state index in [0.717, 1.165) is 16.8 Å². The number of nitriles is 1. The topological polar surface area (TPSA) is 182 Å². The predicted molar refractivity (Wildman–Crippen MR) is 129 cm³/mol. The Morgan fingerprint density at radius 2 is 1.95 bits per heavy atom. The first kappa shape index (κ1) is 28.3. The van der Waals surface area contributed by atoms with Gasteiger partial charge in [-0.25, -0.2) is 9.36 Å². The van der Waals surface area contributed by atoms with E-state index in [1.54, 1.807) is 32.0 Å². The quantitative estimate of drug-likeness (QED) is 0.295. The highest BCUT2D eigenvalue weighted by atomic mass is 31.2. The Labute approximate surface area is 212 Å². The van der Waals surface area contributed by atoms with Gasteiger partial charge in [0.05, 0.1) is 18.3 Å². The number of carbonyl (C=O) groups excluding carboxylic acids is 1. The number of aromatic nitrogens is 2. The zero-order valence-corrected chi connectivity index (χ0v) is 21.6. The third-order valence-corrected chi connectivity index (χ3v) is 7.14. The highest BCUT2D eigenvalue weighted by Gasteiger charge is 2.52. The minimum absolute atomic E-state index is 0.175. The van der Waals surface area contributed by atoms with E-state index in [4.69, 9.17) is 18.5 Å². The highest BCUT2D eigenvalue weighted by Crippen LogP contribution is 2.48.